The summed E-state index contributed by atoms with van der Waals surface area (Å²) in [4.78, 5) is 29.3. The Morgan fingerprint density at radius 1 is 1.14 bits per heavy atom. The quantitative estimate of drug-likeness (QED) is 0.249. The van der Waals surface area contributed by atoms with E-state index < -0.39 is 5.78 Å². The summed E-state index contributed by atoms with van der Waals surface area (Å²) in [6.07, 6.45) is 4.24. The van der Waals surface area contributed by atoms with Crippen molar-refractivity contribution in [3.63, 3.8) is 0 Å². The normalized spacial score (nSPS) is 10.8. The van der Waals surface area contributed by atoms with Crippen molar-refractivity contribution in [2.75, 3.05) is 24.9 Å². The molecule has 0 radical (unpaired) electrons. The number of ether oxygens (including phenoxy) is 2. The summed E-state index contributed by atoms with van der Waals surface area (Å²) >= 11 is 12.7. The van der Waals surface area contributed by atoms with Gasteiger partial charge in [0.2, 0.25) is 11.7 Å². The minimum atomic E-state index is -0.554. The van der Waals surface area contributed by atoms with E-state index in [1.807, 2.05) is 0 Å². The minimum Gasteiger partial charge on any atom is -0.495 e. The number of nitrogens with zero attached hydrogens (tertiary/aromatic N) is 3. The molecule has 3 aromatic heterocycles. The van der Waals surface area contributed by atoms with Crippen molar-refractivity contribution in [3.8, 4) is 11.5 Å². The average Bonchev–Trinajstić information content (AvgIpc) is 3.41. The van der Waals surface area contributed by atoms with Gasteiger partial charge < -0.3 is 24.5 Å². The van der Waals surface area contributed by atoms with Crippen LogP contribution in [0.15, 0.2) is 47.7 Å². The Kier molecular flexibility index (Phi) is 6.68. The number of hydrogen-bond donors (Lipinski definition) is 2. The van der Waals surface area contributed by atoms with Gasteiger partial charge in [0.1, 0.15) is 23.0 Å². The van der Waals surface area contributed by atoms with Crippen LogP contribution in [0.5, 0.6) is 11.5 Å². The Balaban J connectivity index is 1.68. The van der Waals surface area contributed by atoms with Gasteiger partial charge >= 0.3 is 0 Å². The molecule has 4 aromatic rings. The van der Waals surface area contributed by atoms with Gasteiger partial charge in [-0.3, -0.25) is 14.3 Å². The van der Waals surface area contributed by atoms with Crippen molar-refractivity contribution in [2.45, 2.75) is 0 Å². The maximum Gasteiger partial charge on any atom is 0.247 e. The van der Waals surface area contributed by atoms with Crippen LogP contribution in [-0.2, 0) is 11.8 Å². The number of aryl methyl sites for hydroxylation is 1. The highest BCUT2D eigenvalue weighted by atomic mass is 35.5. The van der Waals surface area contributed by atoms with Gasteiger partial charge in [-0.1, -0.05) is 29.8 Å². The number of pyridine rings is 1. The van der Waals surface area contributed by atoms with Gasteiger partial charge in [-0.15, -0.1) is 0 Å². The number of anilines is 3. The third kappa shape index (κ3) is 4.66. The summed E-state index contributed by atoms with van der Waals surface area (Å²) in [7, 11) is 4.54. The van der Waals surface area contributed by atoms with Crippen molar-refractivity contribution >= 4 is 63.2 Å². The van der Waals surface area contributed by atoms with E-state index in [0.29, 0.717) is 28.3 Å². The second-order valence-electron chi connectivity index (χ2n) is 7.21. The molecule has 0 atom stereocenters. The molecule has 4 rings (SSSR count). The lowest BCUT2D eigenvalue weighted by molar-refractivity contribution is -0.111. The third-order valence-electron chi connectivity index (χ3n) is 4.95. The highest BCUT2D eigenvalue weighted by Gasteiger charge is 2.26. The summed E-state index contributed by atoms with van der Waals surface area (Å²) in [5.41, 5.74) is 0.798. The van der Waals surface area contributed by atoms with E-state index in [0.717, 1.165) is 6.08 Å². The van der Waals surface area contributed by atoms with E-state index in [1.54, 1.807) is 25.4 Å². The Morgan fingerprint density at radius 3 is 2.46 bits per heavy atom. The molecular weight excluding hydrogens is 497 g/mol. The number of halogens is 2. The van der Waals surface area contributed by atoms with Crippen molar-refractivity contribution in [3.05, 3.63) is 64.6 Å². The molecule has 0 unspecified atom stereocenters. The number of nitrogens with one attached hydrogen (secondary N) is 2. The first-order valence-electron chi connectivity index (χ1n) is 10.0. The number of benzene rings is 1. The number of rotatable bonds is 8. The molecule has 180 valence electrons. The summed E-state index contributed by atoms with van der Waals surface area (Å²) in [6.45, 7) is 3.44. The van der Waals surface area contributed by atoms with Crippen LogP contribution in [0.4, 0.5) is 17.3 Å². The van der Waals surface area contributed by atoms with E-state index in [2.05, 4.69) is 27.3 Å². The van der Waals surface area contributed by atoms with Gasteiger partial charge in [0.05, 0.1) is 42.2 Å². The maximum atomic E-state index is 13.3. The molecule has 0 saturated carbocycles. The van der Waals surface area contributed by atoms with Gasteiger partial charge in [0.15, 0.2) is 17.2 Å². The highest BCUT2D eigenvalue weighted by Crippen LogP contribution is 2.41. The predicted molar refractivity (Wildman–Crippen MR) is 132 cm³/mol. The first-order valence-corrected chi connectivity index (χ1v) is 10.8. The standard InChI is InChI=1S/C23H19Cl2N5O5/c1-5-18(31)27-12-10-30(2)29-23(12)28-17-7-11-6-15(35-16(11)9-26-17)22(32)19-20(24)13(33-3)8-14(34-4)21(19)25/h5-10H,1H2,2-4H3,(H,27,31)(H,26,28,29). The molecule has 0 bridgehead atoms. The molecule has 12 heteroatoms. The summed E-state index contributed by atoms with van der Waals surface area (Å²) < 4.78 is 17.7. The van der Waals surface area contributed by atoms with Crippen molar-refractivity contribution in [1.29, 1.82) is 0 Å². The zero-order valence-corrected chi connectivity index (χ0v) is 20.3. The molecule has 0 spiro atoms. The number of amides is 1. The van der Waals surface area contributed by atoms with Crippen LogP contribution >= 0.6 is 23.2 Å². The van der Waals surface area contributed by atoms with Gasteiger partial charge in [-0.25, -0.2) is 4.98 Å². The van der Waals surface area contributed by atoms with Crippen LogP contribution in [0, 0.1) is 0 Å². The zero-order valence-electron chi connectivity index (χ0n) is 18.8. The molecule has 0 aliphatic rings. The number of carbonyl (C=O) groups excluding carboxylic acids is 2. The topological polar surface area (TPSA) is 121 Å². The number of ketones is 1. The molecule has 1 amide bonds. The molecule has 10 nitrogen and oxygen atoms in total. The van der Waals surface area contributed by atoms with Crippen LogP contribution in [0.25, 0.3) is 11.0 Å². The van der Waals surface area contributed by atoms with Crippen LogP contribution in [0.3, 0.4) is 0 Å². The van der Waals surface area contributed by atoms with E-state index in [1.165, 1.54) is 31.2 Å². The Bertz CT molecular complexity index is 1450. The molecule has 3 heterocycles. The van der Waals surface area contributed by atoms with Crippen molar-refractivity contribution < 1.29 is 23.5 Å². The van der Waals surface area contributed by atoms with E-state index in [-0.39, 0.29) is 38.8 Å². The Hall–Kier alpha value is -4.02. The molecule has 0 saturated heterocycles. The number of aromatic nitrogens is 3. The summed E-state index contributed by atoms with van der Waals surface area (Å²) in [5, 5.41) is 10.6. The molecule has 1 aromatic carbocycles. The fourth-order valence-corrected chi connectivity index (χ4v) is 3.98. The molecule has 2 N–H and O–H groups in total. The van der Waals surface area contributed by atoms with Crippen LogP contribution in [0.2, 0.25) is 10.0 Å². The summed E-state index contributed by atoms with van der Waals surface area (Å²) in [5.74, 6) is 0.303. The van der Waals surface area contributed by atoms with E-state index >= 15 is 0 Å². The highest BCUT2D eigenvalue weighted by molar-refractivity contribution is 6.42. The van der Waals surface area contributed by atoms with Gasteiger partial charge in [0, 0.05) is 18.5 Å². The zero-order chi connectivity index (χ0) is 25.3. The minimum absolute atomic E-state index is 0.00479. The second kappa shape index (κ2) is 9.69. The maximum absolute atomic E-state index is 13.3. The van der Waals surface area contributed by atoms with Crippen molar-refractivity contribution in [2.24, 2.45) is 7.05 Å². The van der Waals surface area contributed by atoms with E-state index in [4.69, 9.17) is 37.1 Å². The number of methoxy groups -OCH3 is 2. The van der Waals surface area contributed by atoms with Gasteiger partial charge in [-0.2, -0.15) is 5.10 Å². The van der Waals surface area contributed by atoms with Gasteiger partial charge in [0.25, 0.3) is 0 Å². The number of fused-ring (bicyclic) bond motifs is 1. The van der Waals surface area contributed by atoms with E-state index in [9.17, 15) is 9.59 Å². The smallest absolute Gasteiger partial charge is 0.247 e. The Labute approximate surface area is 209 Å². The first kappa shape index (κ1) is 24.1. The fourth-order valence-electron chi connectivity index (χ4n) is 3.31. The first-order chi connectivity index (χ1) is 16.7. The number of carbonyl (C=O) groups is 2. The number of furan rings is 1. The average molecular weight is 516 g/mol. The van der Waals surface area contributed by atoms with Crippen LogP contribution < -0.4 is 20.1 Å². The van der Waals surface area contributed by atoms with Crippen LogP contribution in [-0.4, -0.2) is 40.7 Å². The summed E-state index contributed by atoms with van der Waals surface area (Å²) in [6, 6.07) is 4.70. The fraction of sp³-hybridized carbons (Fsp3) is 0.130. The molecular formula is C23H19Cl2N5O5. The largest absolute Gasteiger partial charge is 0.495 e. The lowest BCUT2D eigenvalue weighted by Gasteiger charge is -2.12. The Morgan fingerprint density at radius 2 is 1.83 bits per heavy atom. The lowest BCUT2D eigenvalue weighted by atomic mass is 10.1. The van der Waals surface area contributed by atoms with Crippen molar-refractivity contribution in [1.82, 2.24) is 14.8 Å². The lowest BCUT2D eigenvalue weighted by Crippen LogP contribution is -2.08. The molecule has 35 heavy (non-hydrogen) atoms. The SMILES string of the molecule is C=CC(=O)Nc1cn(C)nc1Nc1cc2cc(C(=O)c3c(Cl)c(OC)cc(OC)c3Cl)oc2cn1. The third-order valence-corrected chi connectivity index (χ3v) is 5.70. The predicted octanol–water partition coefficient (Wildman–Crippen LogP) is 4.98. The van der Waals surface area contributed by atoms with Crippen LogP contribution in [0.1, 0.15) is 16.1 Å². The van der Waals surface area contributed by atoms with Gasteiger partial charge in [-0.05, 0) is 18.2 Å². The number of hydrogen-bond acceptors (Lipinski definition) is 8. The monoisotopic (exact) mass is 515 g/mol. The molecule has 0 fully saturated rings. The second-order valence-corrected chi connectivity index (χ2v) is 7.97. The molecule has 0 aliphatic heterocycles. The molecule has 0 aliphatic carbocycles.